The van der Waals surface area contributed by atoms with Crippen molar-refractivity contribution in [2.24, 2.45) is 5.92 Å². The molecule has 2 heterocycles. The van der Waals surface area contributed by atoms with Crippen molar-refractivity contribution in [3.8, 4) is 5.75 Å². The summed E-state index contributed by atoms with van der Waals surface area (Å²) in [5, 5.41) is 2.81. The maximum Gasteiger partial charge on any atom is 0.230 e. The van der Waals surface area contributed by atoms with Crippen LogP contribution < -0.4 is 15.0 Å². The summed E-state index contributed by atoms with van der Waals surface area (Å²) in [6.45, 7) is 2.21. The van der Waals surface area contributed by atoms with Crippen LogP contribution in [0.4, 0.5) is 11.5 Å². The standard InChI is InChI=1S/C18H19N3O3/c1-12-6-5-9-19-17(12)20-18(23)13-10-16(22)21(11-13)14-7-3-4-8-15(14)24-2/h3-9,13H,10-11H2,1-2H3,(H,19,20,23). The zero-order valence-electron chi connectivity index (χ0n) is 13.7. The van der Waals surface area contributed by atoms with Crippen LogP contribution in [0.15, 0.2) is 42.6 Å². The lowest BCUT2D eigenvalue weighted by Gasteiger charge is -2.19. The number of amides is 2. The van der Waals surface area contributed by atoms with Crippen molar-refractivity contribution >= 4 is 23.3 Å². The Morgan fingerprint density at radius 3 is 2.83 bits per heavy atom. The lowest BCUT2D eigenvalue weighted by Crippen LogP contribution is -2.28. The van der Waals surface area contributed by atoms with Crippen molar-refractivity contribution < 1.29 is 14.3 Å². The number of nitrogens with one attached hydrogen (secondary N) is 1. The number of anilines is 2. The monoisotopic (exact) mass is 325 g/mol. The van der Waals surface area contributed by atoms with E-state index < -0.39 is 5.92 Å². The molecule has 124 valence electrons. The van der Waals surface area contributed by atoms with E-state index in [4.69, 9.17) is 4.74 Å². The van der Waals surface area contributed by atoms with Crippen molar-refractivity contribution in [3.63, 3.8) is 0 Å². The predicted octanol–water partition coefficient (Wildman–Crippen LogP) is 2.39. The Hall–Kier alpha value is -2.89. The predicted molar refractivity (Wildman–Crippen MR) is 91.1 cm³/mol. The fourth-order valence-corrected chi connectivity index (χ4v) is 2.80. The molecular weight excluding hydrogens is 306 g/mol. The quantitative estimate of drug-likeness (QED) is 0.937. The number of benzene rings is 1. The molecule has 0 bridgehead atoms. The number of methoxy groups -OCH3 is 1. The highest BCUT2D eigenvalue weighted by Gasteiger charge is 2.36. The van der Waals surface area contributed by atoms with E-state index in [9.17, 15) is 9.59 Å². The lowest BCUT2D eigenvalue weighted by molar-refractivity contribution is -0.122. The van der Waals surface area contributed by atoms with Gasteiger partial charge in [-0.1, -0.05) is 18.2 Å². The average Bonchev–Trinajstić information content (AvgIpc) is 2.98. The average molecular weight is 325 g/mol. The first-order chi connectivity index (χ1) is 11.6. The summed E-state index contributed by atoms with van der Waals surface area (Å²) in [6.07, 6.45) is 1.80. The van der Waals surface area contributed by atoms with Gasteiger partial charge in [0.25, 0.3) is 0 Å². The van der Waals surface area contributed by atoms with Crippen LogP contribution >= 0.6 is 0 Å². The minimum Gasteiger partial charge on any atom is -0.495 e. The Morgan fingerprint density at radius 2 is 2.08 bits per heavy atom. The van der Waals surface area contributed by atoms with Gasteiger partial charge >= 0.3 is 0 Å². The van der Waals surface area contributed by atoms with E-state index in [-0.39, 0.29) is 18.2 Å². The van der Waals surface area contributed by atoms with Gasteiger partial charge < -0.3 is 15.0 Å². The molecule has 1 aromatic heterocycles. The molecule has 1 aromatic carbocycles. The summed E-state index contributed by atoms with van der Waals surface area (Å²) in [5.41, 5.74) is 1.58. The third kappa shape index (κ3) is 3.08. The van der Waals surface area contributed by atoms with Crippen LogP contribution in [0.25, 0.3) is 0 Å². The second-order valence-corrected chi connectivity index (χ2v) is 5.74. The molecule has 2 amide bonds. The number of rotatable bonds is 4. The van der Waals surface area contributed by atoms with Gasteiger partial charge in [0.2, 0.25) is 11.8 Å². The van der Waals surface area contributed by atoms with E-state index in [0.29, 0.717) is 23.8 Å². The highest BCUT2D eigenvalue weighted by atomic mass is 16.5. The topological polar surface area (TPSA) is 71.5 Å². The van der Waals surface area contributed by atoms with Crippen LogP contribution in [-0.4, -0.2) is 30.5 Å². The Morgan fingerprint density at radius 1 is 1.29 bits per heavy atom. The van der Waals surface area contributed by atoms with Gasteiger partial charge in [-0.3, -0.25) is 9.59 Å². The minimum absolute atomic E-state index is 0.0857. The molecule has 0 spiro atoms. The van der Waals surface area contributed by atoms with Gasteiger partial charge in [0.15, 0.2) is 0 Å². The number of para-hydroxylation sites is 2. The summed E-state index contributed by atoms with van der Waals surface area (Å²) >= 11 is 0. The molecule has 0 saturated carbocycles. The Labute approximate surface area is 140 Å². The van der Waals surface area contributed by atoms with E-state index >= 15 is 0 Å². The maximum atomic E-state index is 12.5. The molecule has 1 aliphatic rings. The summed E-state index contributed by atoms with van der Waals surface area (Å²) < 4.78 is 5.31. The number of ether oxygens (including phenoxy) is 1. The molecule has 2 aromatic rings. The van der Waals surface area contributed by atoms with Crippen molar-refractivity contribution in [2.75, 3.05) is 23.9 Å². The number of aryl methyl sites for hydroxylation is 1. The van der Waals surface area contributed by atoms with Crippen LogP contribution in [0, 0.1) is 12.8 Å². The first-order valence-electron chi connectivity index (χ1n) is 7.76. The van der Waals surface area contributed by atoms with Gasteiger partial charge in [-0.15, -0.1) is 0 Å². The van der Waals surface area contributed by atoms with Gasteiger partial charge in [0, 0.05) is 19.2 Å². The number of carbonyl (C=O) groups excluding carboxylic acids is 2. The largest absolute Gasteiger partial charge is 0.495 e. The first-order valence-corrected chi connectivity index (χ1v) is 7.76. The highest BCUT2D eigenvalue weighted by Crippen LogP contribution is 2.33. The molecule has 1 aliphatic heterocycles. The SMILES string of the molecule is COc1ccccc1N1CC(C(=O)Nc2ncccc2C)CC1=O. The summed E-state index contributed by atoms with van der Waals surface area (Å²) in [5.74, 6) is 0.460. The van der Waals surface area contributed by atoms with Crippen molar-refractivity contribution in [3.05, 3.63) is 48.2 Å². The van der Waals surface area contributed by atoms with E-state index in [2.05, 4.69) is 10.3 Å². The molecular formula is C18H19N3O3. The zero-order chi connectivity index (χ0) is 17.1. The molecule has 1 fully saturated rings. The number of nitrogens with zero attached hydrogens (tertiary/aromatic N) is 2. The van der Waals surface area contributed by atoms with E-state index in [1.165, 1.54) is 0 Å². The first kappa shape index (κ1) is 16.0. The molecule has 24 heavy (non-hydrogen) atoms. The highest BCUT2D eigenvalue weighted by molar-refractivity contribution is 6.04. The number of aromatic nitrogens is 1. The van der Waals surface area contributed by atoms with Crippen LogP contribution in [-0.2, 0) is 9.59 Å². The Bertz CT molecular complexity index is 776. The van der Waals surface area contributed by atoms with Crippen LogP contribution in [0.2, 0.25) is 0 Å². The minimum atomic E-state index is -0.413. The van der Waals surface area contributed by atoms with Crippen molar-refractivity contribution in [1.82, 2.24) is 4.98 Å². The normalized spacial score (nSPS) is 17.0. The van der Waals surface area contributed by atoms with Crippen LogP contribution in [0.5, 0.6) is 5.75 Å². The fourth-order valence-electron chi connectivity index (χ4n) is 2.80. The Kier molecular flexibility index (Phi) is 4.46. The van der Waals surface area contributed by atoms with Gasteiger partial charge in [-0.25, -0.2) is 4.98 Å². The third-order valence-corrected chi connectivity index (χ3v) is 4.12. The van der Waals surface area contributed by atoms with Gasteiger partial charge in [-0.2, -0.15) is 0 Å². The molecule has 1 unspecified atom stereocenters. The number of hydrogen-bond acceptors (Lipinski definition) is 4. The maximum absolute atomic E-state index is 12.5. The summed E-state index contributed by atoms with van der Waals surface area (Å²) in [7, 11) is 1.56. The molecule has 1 N–H and O–H groups in total. The van der Waals surface area contributed by atoms with E-state index in [0.717, 1.165) is 5.56 Å². The fraction of sp³-hybridized carbons (Fsp3) is 0.278. The van der Waals surface area contributed by atoms with E-state index in [1.807, 2.05) is 37.3 Å². The summed E-state index contributed by atoms with van der Waals surface area (Å²) in [4.78, 5) is 30.6. The number of hydrogen-bond donors (Lipinski definition) is 1. The zero-order valence-corrected chi connectivity index (χ0v) is 13.7. The van der Waals surface area contributed by atoms with Gasteiger partial charge in [-0.05, 0) is 30.7 Å². The third-order valence-electron chi connectivity index (χ3n) is 4.12. The molecule has 6 nitrogen and oxygen atoms in total. The molecule has 6 heteroatoms. The van der Waals surface area contributed by atoms with E-state index in [1.54, 1.807) is 24.3 Å². The van der Waals surface area contributed by atoms with Gasteiger partial charge in [0.1, 0.15) is 11.6 Å². The van der Waals surface area contributed by atoms with Gasteiger partial charge in [0.05, 0.1) is 18.7 Å². The second-order valence-electron chi connectivity index (χ2n) is 5.74. The second kappa shape index (κ2) is 6.70. The number of pyridine rings is 1. The van der Waals surface area contributed by atoms with Crippen LogP contribution in [0.1, 0.15) is 12.0 Å². The van der Waals surface area contributed by atoms with Crippen LogP contribution in [0.3, 0.4) is 0 Å². The lowest BCUT2D eigenvalue weighted by atomic mass is 10.1. The summed E-state index contributed by atoms with van der Waals surface area (Å²) in [6, 6.07) is 11.0. The molecule has 0 radical (unpaired) electrons. The smallest absolute Gasteiger partial charge is 0.230 e. The molecule has 1 saturated heterocycles. The van der Waals surface area contributed by atoms with Crippen molar-refractivity contribution in [1.29, 1.82) is 0 Å². The molecule has 1 atom stereocenters. The van der Waals surface area contributed by atoms with Crippen molar-refractivity contribution in [2.45, 2.75) is 13.3 Å². The molecule has 0 aliphatic carbocycles. The Balaban J connectivity index is 1.75. The molecule has 3 rings (SSSR count). The number of carbonyl (C=O) groups is 2.